The predicted octanol–water partition coefficient (Wildman–Crippen LogP) is 5.52. The van der Waals surface area contributed by atoms with Crippen LogP contribution in [0.15, 0.2) is 30.7 Å². The zero-order chi connectivity index (χ0) is 18.6. The number of aromatic nitrogens is 3. The van der Waals surface area contributed by atoms with Gasteiger partial charge in [0.2, 0.25) is 0 Å². The Morgan fingerprint density at radius 3 is 0.833 bits per heavy atom. The van der Waals surface area contributed by atoms with Gasteiger partial charge in [0, 0.05) is 0 Å². The number of rotatable bonds is 3. The molecule has 1 aromatic rings. The fourth-order valence-corrected chi connectivity index (χ4v) is 1.06. The molecule has 0 atom stereocenters. The lowest BCUT2D eigenvalue weighted by atomic mass is 10.1. The van der Waals surface area contributed by atoms with Crippen molar-refractivity contribution in [2.24, 2.45) is 30.7 Å². The van der Waals surface area contributed by atoms with Crippen molar-refractivity contribution in [3.8, 4) is 0 Å². The Bertz CT molecular complexity index is 538. The lowest BCUT2D eigenvalue weighted by molar-refractivity contribution is 0.544. The van der Waals surface area contributed by atoms with Gasteiger partial charge in [-0.15, -0.1) is 15.3 Å². The van der Waals surface area contributed by atoms with E-state index in [-0.39, 0.29) is 34.5 Å². The van der Waals surface area contributed by atoms with E-state index >= 15 is 0 Å². The Balaban J connectivity index is 3.26. The third kappa shape index (κ3) is 9.06. The zero-order valence-corrected chi connectivity index (χ0v) is 16.0. The summed E-state index contributed by atoms with van der Waals surface area (Å²) in [6.45, 7) is 17.4. The number of hydrogen-bond acceptors (Lipinski definition) is 9. The summed E-state index contributed by atoms with van der Waals surface area (Å²) in [7, 11) is 0. The van der Waals surface area contributed by atoms with Crippen molar-refractivity contribution in [3.05, 3.63) is 0 Å². The molecule has 0 N–H and O–H groups in total. The average molecular weight is 333 g/mol. The van der Waals surface area contributed by atoms with Gasteiger partial charge in [0.1, 0.15) is 0 Å². The molecule has 0 bridgehead atoms. The molecule has 0 aliphatic carbocycles. The van der Waals surface area contributed by atoms with E-state index in [4.69, 9.17) is 0 Å². The van der Waals surface area contributed by atoms with Crippen LogP contribution in [0, 0.1) is 0 Å². The van der Waals surface area contributed by atoms with Crippen molar-refractivity contribution in [2.45, 2.75) is 78.9 Å². The first kappa shape index (κ1) is 19.9. The largest absolute Gasteiger partial charge is 0.275 e. The van der Waals surface area contributed by atoms with E-state index in [2.05, 4.69) is 45.6 Å². The molecule has 0 saturated carbocycles. The molecule has 0 saturated heterocycles. The smallest absolute Gasteiger partial charge is 0.180 e. The van der Waals surface area contributed by atoms with Crippen LogP contribution in [-0.2, 0) is 0 Å². The van der Waals surface area contributed by atoms with Gasteiger partial charge >= 0.3 is 0 Å². The van der Waals surface area contributed by atoms with Crippen molar-refractivity contribution in [3.63, 3.8) is 0 Å². The second-order valence-corrected chi connectivity index (χ2v) is 8.35. The van der Waals surface area contributed by atoms with E-state index in [1.54, 1.807) is 0 Å². The van der Waals surface area contributed by atoms with E-state index in [9.17, 15) is 0 Å². The highest BCUT2D eigenvalue weighted by molar-refractivity contribution is 5.31. The molecule has 0 aliphatic rings. The van der Waals surface area contributed by atoms with Crippen molar-refractivity contribution >= 4 is 17.8 Å². The van der Waals surface area contributed by atoms with Crippen molar-refractivity contribution in [2.75, 3.05) is 0 Å². The van der Waals surface area contributed by atoms with Gasteiger partial charge < -0.3 is 0 Å². The summed E-state index contributed by atoms with van der Waals surface area (Å²) in [6.07, 6.45) is 0. The molecule has 9 heteroatoms. The van der Waals surface area contributed by atoms with Crippen LogP contribution in [0.2, 0.25) is 0 Å². The first-order chi connectivity index (χ1) is 10.7. The molecular weight excluding hydrogens is 306 g/mol. The van der Waals surface area contributed by atoms with Crippen LogP contribution in [0.25, 0.3) is 0 Å². The Morgan fingerprint density at radius 1 is 0.458 bits per heavy atom. The summed E-state index contributed by atoms with van der Waals surface area (Å²) >= 11 is 0. The van der Waals surface area contributed by atoms with Crippen molar-refractivity contribution in [1.82, 2.24) is 15.0 Å². The highest BCUT2D eigenvalue weighted by Crippen LogP contribution is 2.21. The van der Waals surface area contributed by atoms with Crippen LogP contribution in [0.3, 0.4) is 0 Å². The zero-order valence-electron chi connectivity index (χ0n) is 16.0. The maximum absolute atomic E-state index is 4.15. The van der Waals surface area contributed by atoms with Gasteiger partial charge in [-0.2, -0.15) is 30.3 Å². The number of nitrogens with zero attached hydrogens (tertiary/aromatic N) is 9. The van der Waals surface area contributed by atoms with Crippen LogP contribution in [0.4, 0.5) is 17.8 Å². The van der Waals surface area contributed by atoms with Crippen LogP contribution in [0.1, 0.15) is 62.3 Å². The molecule has 0 unspecified atom stereocenters. The van der Waals surface area contributed by atoms with E-state index in [1.165, 1.54) is 0 Å². The topological polar surface area (TPSA) is 113 Å². The van der Waals surface area contributed by atoms with E-state index in [0.29, 0.717) is 0 Å². The molecule has 0 aromatic carbocycles. The lowest BCUT2D eigenvalue weighted by Gasteiger charge is -2.10. The normalized spacial score (nSPS) is 14.4. The standard InChI is InChI=1S/C15H27N9/c1-13(2,3)22-19-10-16-11(20-23-14(4,5)6)18-12(17-10)21-24-15(7,8)9/h1-9H3. The molecule has 0 radical (unpaired) electrons. The second-order valence-electron chi connectivity index (χ2n) is 8.35. The van der Waals surface area contributed by atoms with Gasteiger partial charge in [0.05, 0.1) is 16.6 Å². The molecule has 0 aliphatic heterocycles. The first-order valence-corrected chi connectivity index (χ1v) is 7.78. The minimum atomic E-state index is -0.340. The first-order valence-electron chi connectivity index (χ1n) is 7.78. The summed E-state index contributed by atoms with van der Waals surface area (Å²) in [4.78, 5) is 12.4. The molecular formula is C15H27N9. The van der Waals surface area contributed by atoms with Crippen LogP contribution < -0.4 is 0 Å². The van der Waals surface area contributed by atoms with Gasteiger partial charge in [0.25, 0.3) is 17.8 Å². The van der Waals surface area contributed by atoms with E-state index < -0.39 is 0 Å². The maximum atomic E-state index is 4.15. The lowest BCUT2D eigenvalue weighted by Crippen LogP contribution is -2.08. The molecule has 1 aromatic heterocycles. The maximum Gasteiger partial charge on any atom is 0.275 e. The summed E-state index contributed by atoms with van der Waals surface area (Å²) in [5.41, 5.74) is -1.02. The molecule has 0 fully saturated rings. The predicted molar refractivity (Wildman–Crippen MR) is 92.6 cm³/mol. The van der Waals surface area contributed by atoms with Gasteiger partial charge in [-0.3, -0.25) is 0 Å². The monoisotopic (exact) mass is 333 g/mol. The Morgan fingerprint density at radius 2 is 0.667 bits per heavy atom. The molecule has 1 rings (SSSR count). The Labute approximate surface area is 143 Å². The second kappa shape index (κ2) is 7.14. The van der Waals surface area contributed by atoms with Crippen molar-refractivity contribution in [1.29, 1.82) is 0 Å². The van der Waals surface area contributed by atoms with Crippen LogP contribution >= 0.6 is 0 Å². The molecule has 132 valence electrons. The fourth-order valence-electron chi connectivity index (χ4n) is 1.06. The van der Waals surface area contributed by atoms with Gasteiger partial charge in [0.15, 0.2) is 0 Å². The summed E-state index contributed by atoms with van der Waals surface area (Å²) in [6, 6.07) is 0. The molecule has 1 heterocycles. The molecule has 0 spiro atoms. The molecule has 24 heavy (non-hydrogen) atoms. The quantitative estimate of drug-likeness (QED) is 0.678. The third-order valence-corrected chi connectivity index (χ3v) is 1.92. The van der Waals surface area contributed by atoms with Crippen LogP contribution in [-0.4, -0.2) is 31.6 Å². The fraction of sp³-hybridized carbons (Fsp3) is 0.800. The molecule has 9 nitrogen and oxygen atoms in total. The Hall–Kier alpha value is -2.19. The van der Waals surface area contributed by atoms with E-state index in [0.717, 1.165) is 0 Å². The number of hydrogen-bond donors (Lipinski definition) is 0. The third-order valence-electron chi connectivity index (χ3n) is 1.92. The molecule has 0 amide bonds. The summed E-state index contributed by atoms with van der Waals surface area (Å²) in [5, 5.41) is 24.6. The van der Waals surface area contributed by atoms with Gasteiger partial charge in [-0.05, 0) is 62.3 Å². The van der Waals surface area contributed by atoms with Crippen molar-refractivity contribution < 1.29 is 0 Å². The highest BCUT2D eigenvalue weighted by Gasteiger charge is 2.13. The van der Waals surface area contributed by atoms with Gasteiger partial charge in [-0.25, -0.2) is 0 Å². The summed E-state index contributed by atoms with van der Waals surface area (Å²) in [5.74, 6) is 0.391. The minimum absolute atomic E-state index is 0.130. The van der Waals surface area contributed by atoms with Gasteiger partial charge in [-0.1, -0.05) is 0 Å². The van der Waals surface area contributed by atoms with E-state index in [1.807, 2.05) is 62.3 Å². The Kier molecular flexibility index (Phi) is 5.91. The SMILES string of the molecule is CC(C)(C)N=Nc1nc(N=NC(C)(C)C)nc(N=NC(C)(C)C)n1. The highest BCUT2D eigenvalue weighted by atomic mass is 15.3. The van der Waals surface area contributed by atoms with Crippen LogP contribution in [0.5, 0.6) is 0 Å². The number of azo groups is 3. The average Bonchev–Trinajstić information content (AvgIpc) is 2.38. The summed E-state index contributed by atoms with van der Waals surface area (Å²) < 4.78 is 0. The minimum Gasteiger partial charge on any atom is -0.180 e.